The van der Waals surface area contributed by atoms with Gasteiger partial charge in [0.15, 0.2) is 0 Å². The lowest BCUT2D eigenvalue weighted by Gasteiger charge is -2.08. The molecule has 0 amide bonds. The predicted octanol–water partition coefficient (Wildman–Crippen LogP) is 4.01. The van der Waals surface area contributed by atoms with E-state index in [0.717, 1.165) is 18.9 Å². The molecule has 0 fully saturated rings. The van der Waals surface area contributed by atoms with Crippen molar-refractivity contribution in [3.63, 3.8) is 0 Å². The van der Waals surface area contributed by atoms with E-state index < -0.39 is 3.93 Å². The van der Waals surface area contributed by atoms with Crippen molar-refractivity contribution < 1.29 is 9.53 Å². The molecular formula is C8H13Br3O2Si. The molecule has 0 aliphatic heterocycles. The molecule has 14 heavy (non-hydrogen) atoms. The van der Waals surface area contributed by atoms with Gasteiger partial charge >= 0.3 is 5.97 Å². The van der Waals surface area contributed by atoms with Crippen LogP contribution in [0.5, 0.6) is 0 Å². The number of unbranched alkanes of at least 4 members (excludes halogenated alkanes) is 1. The van der Waals surface area contributed by atoms with Gasteiger partial charge in [-0.05, 0) is 19.4 Å². The fourth-order valence-electron chi connectivity index (χ4n) is 0.784. The minimum Gasteiger partial charge on any atom is -0.463 e. The van der Waals surface area contributed by atoms with Crippen LogP contribution in [0, 0.1) is 0 Å². The normalized spacial score (nSPS) is 12.0. The first kappa shape index (κ1) is 14.9. The largest absolute Gasteiger partial charge is 0.463 e. The highest BCUT2D eigenvalue weighted by atomic mass is 80.0. The number of allylic oxidation sites excluding steroid dienone is 1. The fraction of sp³-hybridized carbons (Fsp3) is 0.625. The molecule has 0 saturated heterocycles. The quantitative estimate of drug-likeness (QED) is 0.218. The Bertz CT molecular complexity index is 201. The van der Waals surface area contributed by atoms with Gasteiger partial charge in [0, 0.05) is 6.08 Å². The van der Waals surface area contributed by atoms with Crippen LogP contribution in [-0.2, 0) is 9.53 Å². The molecule has 0 aliphatic rings. The van der Waals surface area contributed by atoms with Gasteiger partial charge in [-0.1, -0.05) is 58.4 Å². The first-order valence-electron chi connectivity index (χ1n) is 4.32. The van der Waals surface area contributed by atoms with E-state index in [2.05, 4.69) is 45.9 Å². The summed E-state index contributed by atoms with van der Waals surface area (Å²) < 4.78 is 3.47. The summed E-state index contributed by atoms with van der Waals surface area (Å²) in [5, 5.41) is 0. The zero-order valence-electron chi connectivity index (χ0n) is 7.93. The Kier molecular flexibility index (Phi) is 8.57. The van der Waals surface area contributed by atoms with Gasteiger partial charge in [0.1, 0.15) is 0 Å². The molecule has 0 radical (unpaired) electrons. The van der Waals surface area contributed by atoms with Crippen LogP contribution in [0.2, 0.25) is 6.04 Å². The summed E-state index contributed by atoms with van der Waals surface area (Å²) in [6.45, 7) is 2.29. The van der Waals surface area contributed by atoms with Crippen molar-refractivity contribution in [2.24, 2.45) is 0 Å². The third-order valence-corrected chi connectivity index (χ3v) is 5.89. The van der Waals surface area contributed by atoms with E-state index in [4.69, 9.17) is 4.74 Å². The fourth-order valence-corrected chi connectivity index (χ4v) is 3.96. The first-order chi connectivity index (χ1) is 6.45. The number of hydrogen-bond donors (Lipinski definition) is 0. The topological polar surface area (TPSA) is 26.3 Å². The Morgan fingerprint density at radius 3 is 2.50 bits per heavy atom. The Balaban J connectivity index is 3.35. The van der Waals surface area contributed by atoms with Gasteiger partial charge in [0.05, 0.1) is 6.61 Å². The maximum atomic E-state index is 10.9. The van der Waals surface area contributed by atoms with E-state index >= 15 is 0 Å². The Hall–Kier alpha value is 0.867. The predicted molar refractivity (Wildman–Crippen MR) is 72.3 cm³/mol. The average Bonchev–Trinajstić information content (AvgIpc) is 2.02. The van der Waals surface area contributed by atoms with Crippen LogP contribution in [0.25, 0.3) is 0 Å². The number of hydrogen-bond acceptors (Lipinski definition) is 2. The van der Waals surface area contributed by atoms with Crippen molar-refractivity contribution >= 4 is 55.8 Å². The standard InChI is InChI=1S/C8H13Br3O2Si/c1-2-5-8(12)13-6-3-4-7-14(9,10)11/h2,5H,3-4,6-7H2,1H3. The molecule has 0 atom stereocenters. The second kappa shape index (κ2) is 8.07. The maximum Gasteiger partial charge on any atom is 0.330 e. The Morgan fingerprint density at radius 2 is 2.00 bits per heavy atom. The van der Waals surface area contributed by atoms with Gasteiger partial charge in [0.25, 0.3) is 3.93 Å². The summed E-state index contributed by atoms with van der Waals surface area (Å²) in [5.74, 6) is -0.257. The van der Waals surface area contributed by atoms with Crippen molar-refractivity contribution in [3.8, 4) is 0 Å². The molecule has 0 aromatic rings. The van der Waals surface area contributed by atoms with Gasteiger partial charge in [-0.2, -0.15) is 0 Å². The zero-order valence-corrected chi connectivity index (χ0v) is 13.7. The third-order valence-electron chi connectivity index (χ3n) is 1.40. The van der Waals surface area contributed by atoms with E-state index in [1.807, 2.05) is 0 Å². The summed E-state index contributed by atoms with van der Waals surface area (Å²) in [5.41, 5.74) is 0. The molecule has 0 saturated carbocycles. The minimum atomic E-state index is -1.47. The van der Waals surface area contributed by atoms with Gasteiger partial charge < -0.3 is 4.74 Å². The summed E-state index contributed by atoms with van der Waals surface area (Å²) >= 11 is 10.6. The number of carbonyl (C=O) groups excluding carboxylic acids is 1. The molecule has 0 aromatic carbocycles. The van der Waals surface area contributed by atoms with Gasteiger partial charge in [-0.25, -0.2) is 4.79 Å². The number of esters is 1. The molecule has 82 valence electrons. The lowest BCUT2D eigenvalue weighted by atomic mass is 10.3. The van der Waals surface area contributed by atoms with Crippen molar-refractivity contribution in [1.29, 1.82) is 0 Å². The lowest BCUT2D eigenvalue weighted by Crippen LogP contribution is -2.07. The van der Waals surface area contributed by atoms with Crippen LogP contribution in [0.1, 0.15) is 19.8 Å². The Morgan fingerprint density at radius 1 is 1.36 bits per heavy atom. The van der Waals surface area contributed by atoms with Crippen LogP contribution < -0.4 is 0 Å². The van der Waals surface area contributed by atoms with E-state index in [0.29, 0.717) is 6.61 Å². The highest BCUT2D eigenvalue weighted by Gasteiger charge is 2.20. The van der Waals surface area contributed by atoms with Crippen LogP contribution in [0.15, 0.2) is 12.2 Å². The van der Waals surface area contributed by atoms with Crippen LogP contribution in [0.3, 0.4) is 0 Å². The molecule has 0 aliphatic carbocycles. The highest BCUT2D eigenvalue weighted by Crippen LogP contribution is 2.33. The summed E-state index contributed by atoms with van der Waals surface area (Å²) in [6.07, 6.45) is 5.05. The molecule has 0 rings (SSSR count). The van der Waals surface area contributed by atoms with Gasteiger partial charge in [-0.15, -0.1) is 0 Å². The van der Waals surface area contributed by atoms with Crippen molar-refractivity contribution in [1.82, 2.24) is 0 Å². The third kappa shape index (κ3) is 10.9. The molecule has 6 heteroatoms. The summed E-state index contributed by atoms with van der Waals surface area (Å²) in [7, 11) is 0. The first-order valence-corrected chi connectivity index (χ1v) is 13.3. The lowest BCUT2D eigenvalue weighted by molar-refractivity contribution is -0.137. The molecule has 0 spiro atoms. The van der Waals surface area contributed by atoms with Crippen molar-refractivity contribution in [2.45, 2.75) is 25.8 Å². The summed E-state index contributed by atoms with van der Waals surface area (Å²) in [4.78, 5) is 10.9. The van der Waals surface area contributed by atoms with Crippen LogP contribution in [-0.4, -0.2) is 16.5 Å². The molecule has 0 aromatic heterocycles. The molecule has 0 unspecified atom stereocenters. The van der Waals surface area contributed by atoms with Crippen LogP contribution in [0.4, 0.5) is 0 Å². The van der Waals surface area contributed by atoms with E-state index in [1.54, 1.807) is 13.0 Å². The highest BCUT2D eigenvalue weighted by molar-refractivity contribution is 9.72. The molecular weight excluding hydrogens is 396 g/mol. The second-order valence-electron chi connectivity index (χ2n) is 2.74. The van der Waals surface area contributed by atoms with Crippen molar-refractivity contribution in [2.75, 3.05) is 6.61 Å². The molecule has 0 bridgehead atoms. The van der Waals surface area contributed by atoms with Gasteiger partial charge in [0.2, 0.25) is 0 Å². The van der Waals surface area contributed by atoms with Crippen molar-refractivity contribution in [3.05, 3.63) is 12.2 Å². The average molecular weight is 409 g/mol. The van der Waals surface area contributed by atoms with Gasteiger partial charge in [-0.3, -0.25) is 0 Å². The maximum absolute atomic E-state index is 10.9. The molecule has 0 N–H and O–H groups in total. The minimum absolute atomic E-state index is 0.257. The second-order valence-corrected chi connectivity index (χ2v) is 26.2. The number of rotatable bonds is 6. The van der Waals surface area contributed by atoms with E-state index in [1.165, 1.54) is 6.08 Å². The number of halogens is 3. The number of carbonyl (C=O) groups is 1. The monoisotopic (exact) mass is 406 g/mol. The smallest absolute Gasteiger partial charge is 0.330 e. The zero-order chi connectivity index (χ0) is 11.0. The summed E-state index contributed by atoms with van der Waals surface area (Å²) in [6, 6.07) is 1.06. The van der Waals surface area contributed by atoms with E-state index in [-0.39, 0.29) is 5.97 Å². The molecule has 0 heterocycles. The van der Waals surface area contributed by atoms with Crippen LogP contribution >= 0.6 is 45.9 Å². The Labute approximate surface area is 109 Å². The number of ether oxygens (including phenoxy) is 1. The molecule has 2 nitrogen and oxygen atoms in total. The van der Waals surface area contributed by atoms with E-state index in [9.17, 15) is 4.79 Å². The SMILES string of the molecule is CC=CC(=O)OCCCC[Si](Br)(Br)Br.